The minimum Gasteiger partial charge on any atom is -0.423 e. The van der Waals surface area contributed by atoms with Gasteiger partial charge in [-0.3, -0.25) is 4.79 Å². The van der Waals surface area contributed by atoms with Crippen LogP contribution in [0, 0.1) is 0 Å². The average Bonchev–Trinajstić information content (AvgIpc) is 2.60. The maximum Gasteiger partial charge on any atom is 0.423 e. The standard InChI is InChI=1S/C14H11Cl2NO3/c1-3-5-14(4-2)12(18)17(13(19)20-14)11-7-9(15)6-10(16)8-11/h3-8H,2H2,1H3/b5-3-. The molecular weight excluding hydrogens is 301 g/mol. The molecule has 1 aromatic carbocycles. The summed E-state index contributed by atoms with van der Waals surface area (Å²) in [7, 11) is 0. The summed E-state index contributed by atoms with van der Waals surface area (Å²) in [6, 6.07) is 4.42. The van der Waals surface area contributed by atoms with Gasteiger partial charge in [0.25, 0.3) is 5.91 Å². The molecule has 0 radical (unpaired) electrons. The number of hydrogen-bond acceptors (Lipinski definition) is 3. The Morgan fingerprint density at radius 3 is 2.35 bits per heavy atom. The Hall–Kier alpha value is -1.78. The van der Waals surface area contributed by atoms with Crippen molar-refractivity contribution in [1.82, 2.24) is 0 Å². The SMILES string of the molecule is C=CC1(/C=C\C)OC(=O)N(c2cc(Cl)cc(Cl)c2)C1=O. The van der Waals surface area contributed by atoms with Gasteiger partial charge in [0.2, 0.25) is 5.60 Å². The van der Waals surface area contributed by atoms with E-state index in [0.29, 0.717) is 10.0 Å². The van der Waals surface area contributed by atoms with E-state index < -0.39 is 17.6 Å². The Morgan fingerprint density at radius 1 is 1.25 bits per heavy atom. The van der Waals surface area contributed by atoms with Gasteiger partial charge in [-0.2, -0.15) is 0 Å². The summed E-state index contributed by atoms with van der Waals surface area (Å²) in [5.41, 5.74) is -1.23. The van der Waals surface area contributed by atoms with Crippen molar-refractivity contribution in [2.75, 3.05) is 4.90 Å². The van der Waals surface area contributed by atoms with Gasteiger partial charge in [0.15, 0.2) is 0 Å². The van der Waals surface area contributed by atoms with Gasteiger partial charge in [-0.15, -0.1) is 0 Å². The maximum atomic E-state index is 12.5. The molecule has 1 heterocycles. The molecule has 104 valence electrons. The van der Waals surface area contributed by atoms with Gasteiger partial charge < -0.3 is 4.74 Å². The third-order valence-electron chi connectivity index (χ3n) is 2.80. The second-order valence-electron chi connectivity index (χ2n) is 4.13. The fourth-order valence-corrected chi connectivity index (χ4v) is 2.45. The van der Waals surface area contributed by atoms with Crippen molar-refractivity contribution in [3.63, 3.8) is 0 Å². The van der Waals surface area contributed by atoms with Crippen LogP contribution >= 0.6 is 23.2 Å². The van der Waals surface area contributed by atoms with E-state index in [2.05, 4.69) is 6.58 Å². The van der Waals surface area contributed by atoms with Crippen LogP contribution in [0.15, 0.2) is 43.0 Å². The molecule has 6 heteroatoms. The van der Waals surface area contributed by atoms with Crippen LogP contribution in [0.2, 0.25) is 10.0 Å². The molecule has 2 rings (SSSR count). The highest BCUT2D eigenvalue weighted by Gasteiger charge is 2.51. The van der Waals surface area contributed by atoms with Crippen LogP contribution in [0.25, 0.3) is 0 Å². The van der Waals surface area contributed by atoms with Crippen LogP contribution in [0.4, 0.5) is 10.5 Å². The van der Waals surface area contributed by atoms with Crippen LogP contribution < -0.4 is 4.90 Å². The molecule has 0 aromatic heterocycles. The van der Waals surface area contributed by atoms with E-state index in [1.54, 1.807) is 13.0 Å². The van der Waals surface area contributed by atoms with Crippen LogP contribution in [0.3, 0.4) is 0 Å². The lowest BCUT2D eigenvalue weighted by molar-refractivity contribution is -0.123. The topological polar surface area (TPSA) is 46.6 Å². The molecule has 0 aliphatic carbocycles. The van der Waals surface area contributed by atoms with E-state index in [-0.39, 0.29) is 5.69 Å². The summed E-state index contributed by atoms with van der Waals surface area (Å²) < 4.78 is 5.14. The summed E-state index contributed by atoms with van der Waals surface area (Å²) in [5.74, 6) is -0.561. The summed E-state index contributed by atoms with van der Waals surface area (Å²) in [5, 5.41) is 0.630. The van der Waals surface area contributed by atoms with E-state index in [9.17, 15) is 9.59 Å². The Balaban J connectivity index is 2.51. The van der Waals surface area contributed by atoms with E-state index in [1.807, 2.05) is 0 Å². The van der Waals surface area contributed by atoms with Crippen molar-refractivity contribution in [3.8, 4) is 0 Å². The Bertz CT molecular complexity index is 607. The van der Waals surface area contributed by atoms with Gasteiger partial charge in [0.1, 0.15) is 0 Å². The highest BCUT2D eigenvalue weighted by Crippen LogP contribution is 2.34. The number of carbonyl (C=O) groups is 2. The normalized spacial score (nSPS) is 22.4. The zero-order chi connectivity index (χ0) is 14.9. The van der Waals surface area contributed by atoms with Crippen molar-refractivity contribution < 1.29 is 14.3 Å². The molecule has 4 nitrogen and oxygen atoms in total. The van der Waals surface area contributed by atoms with Gasteiger partial charge >= 0.3 is 6.09 Å². The van der Waals surface area contributed by atoms with E-state index in [4.69, 9.17) is 27.9 Å². The molecule has 1 aliphatic heterocycles. The number of allylic oxidation sites excluding steroid dienone is 1. The Morgan fingerprint density at radius 2 is 1.85 bits per heavy atom. The van der Waals surface area contributed by atoms with E-state index in [0.717, 1.165) is 4.90 Å². The Labute approximate surface area is 126 Å². The predicted molar refractivity (Wildman–Crippen MR) is 78.2 cm³/mol. The predicted octanol–water partition coefficient (Wildman–Crippen LogP) is 3.98. The number of hydrogen-bond donors (Lipinski definition) is 0. The first kappa shape index (κ1) is 14.6. The number of imide groups is 1. The third kappa shape index (κ3) is 2.32. The third-order valence-corrected chi connectivity index (χ3v) is 3.24. The minimum atomic E-state index is -1.49. The summed E-state index contributed by atoms with van der Waals surface area (Å²) in [6.45, 7) is 5.27. The molecule has 1 aromatic rings. The molecule has 20 heavy (non-hydrogen) atoms. The van der Waals surface area contributed by atoms with Crippen molar-refractivity contribution in [2.45, 2.75) is 12.5 Å². The number of amides is 2. The van der Waals surface area contributed by atoms with Crippen molar-refractivity contribution >= 4 is 40.9 Å². The number of nitrogens with zero attached hydrogens (tertiary/aromatic N) is 1. The van der Waals surface area contributed by atoms with Crippen LogP contribution in [0.5, 0.6) is 0 Å². The highest BCUT2D eigenvalue weighted by molar-refractivity contribution is 6.35. The van der Waals surface area contributed by atoms with Crippen LogP contribution in [0.1, 0.15) is 6.92 Å². The average molecular weight is 312 g/mol. The second-order valence-corrected chi connectivity index (χ2v) is 5.01. The Kier molecular flexibility index (Phi) is 3.88. The molecule has 1 aliphatic rings. The van der Waals surface area contributed by atoms with Crippen LogP contribution in [-0.4, -0.2) is 17.6 Å². The molecule has 0 N–H and O–H groups in total. The molecule has 1 atom stereocenters. The fraction of sp³-hybridized carbons (Fsp3) is 0.143. The molecule has 1 unspecified atom stereocenters. The summed E-state index contributed by atoms with van der Waals surface area (Å²) in [6.07, 6.45) is 3.55. The van der Waals surface area contributed by atoms with Crippen molar-refractivity contribution in [1.29, 1.82) is 0 Å². The van der Waals surface area contributed by atoms with Crippen LogP contribution in [-0.2, 0) is 9.53 Å². The van der Waals surface area contributed by atoms with Gasteiger partial charge in [-0.25, -0.2) is 9.69 Å². The number of carbonyl (C=O) groups excluding carboxylic acids is 2. The number of benzene rings is 1. The van der Waals surface area contributed by atoms with Gasteiger partial charge in [-0.05, 0) is 37.3 Å². The minimum absolute atomic E-state index is 0.255. The molecule has 2 amide bonds. The van der Waals surface area contributed by atoms with Gasteiger partial charge in [-0.1, -0.05) is 35.9 Å². The van der Waals surface area contributed by atoms with E-state index in [1.165, 1.54) is 30.4 Å². The molecule has 1 saturated heterocycles. The monoisotopic (exact) mass is 311 g/mol. The molecule has 1 fully saturated rings. The zero-order valence-electron chi connectivity index (χ0n) is 10.6. The largest absolute Gasteiger partial charge is 0.423 e. The van der Waals surface area contributed by atoms with E-state index >= 15 is 0 Å². The quantitative estimate of drug-likeness (QED) is 0.793. The number of cyclic esters (lactones) is 1. The van der Waals surface area contributed by atoms with Crippen molar-refractivity contribution in [3.05, 3.63) is 53.1 Å². The zero-order valence-corrected chi connectivity index (χ0v) is 12.1. The van der Waals surface area contributed by atoms with Gasteiger partial charge in [0.05, 0.1) is 5.69 Å². The molecule has 0 spiro atoms. The lowest BCUT2D eigenvalue weighted by Crippen LogP contribution is -2.38. The molecular formula is C14H11Cl2NO3. The lowest BCUT2D eigenvalue weighted by atomic mass is 10.0. The number of ether oxygens (including phenoxy) is 1. The molecule has 0 saturated carbocycles. The summed E-state index contributed by atoms with van der Waals surface area (Å²) in [4.78, 5) is 25.3. The highest BCUT2D eigenvalue weighted by atomic mass is 35.5. The number of rotatable bonds is 3. The first-order valence-corrected chi connectivity index (χ1v) is 6.50. The fourth-order valence-electron chi connectivity index (χ4n) is 1.93. The smallest absolute Gasteiger partial charge is 0.423 e. The molecule has 0 bridgehead atoms. The second kappa shape index (κ2) is 5.31. The number of anilines is 1. The maximum absolute atomic E-state index is 12.5. The number of halogens is 2. The first-order valence-electron chi connectivity index (χ1n) is 5.74. The van der Waals surface area contributed by atoms with Crippen molar-refractivity contribution in [2.24, 2.45) is 0 Å². The summed E-state index contributed by atoms with van der Waals surface area (Å²) >= 11 is 11.8. The van der Waals surface area contributed by atoms with Gasteiger partial charge in [0, 0.05) is 10.0 Å². The lowest BCUT2D eigenvalue weighted by Gasteiger charge is -2.16. The first-order chi connectivity index (χ1) is 9.43.